The maximum absolute atomic E-state index is 12.8. The SMILES string of the molecule is Cc1ccc(-c2coc3c(C)c(C)cc(C)c3c2=O)cc1. The van der Waals surface area contributed by atoms with Gasteiger partial charge in [0.2, 0.25) is 5.43 Å². The topological polar surface area (TPSA) is 30.2 Å². The molecule has 2 heteroatoms. The summed E-state index contributed by atoms with van der Waals surface area (Å²) in [5, 5.41) is 0.691. The molecule has 0 aliphatic heterocycles. The molecule has 1 heterocycles. The maximum Gasteiger partial charge on any atom is 0.200 e. The summed E-state index contributed by atoms with van der Waals surface area (Å²) in [6, 6.07) is 9.99. The second kappa shape index (κ2) is 4.88. The first-order chi connectivity index (χ1) is 9.99. The van der Waals surface area contributed by atoms with E-state index in [1.807, 2.05) is 58.0 Å². The van der Waals surface area contributed by atoms with Gasteiger partial charge in [0.25, 0.3) is 0 Å². The smallest absolute Gasteiger partial charge is 0.200 e. The summed E-state index contributed by atoms with van der Waals surface area (Å²) < 4.78 is 5.80. The van der Waals surface area contributed by atoms with E-state index >= 15 is 0 Å². The van der Waals surface area contributed by atoms with E-state index in [0.29, 0.717) is 16.5 Å². The average molecular weight is 278 g/mol. The van der Waals surface area contributed by atoms with Crippen LogP contribution in [-0.4, -0.2) is 0 Å². The summed E-state index contributed by atoms with van der Waals surface area (Å²) in [5.41, 5.74) is 6.58. The lowest BCUT2D eigenvalue weighted by Gasteiger charge is -2.09. The van der Waals surface area contributed by atoms with Crippen molar-refractivity contribution in [2.24, 2.45) is 0 Å². The fraction of sp³-hybridized carbons (Fsp3) is 0.211. The molecule has 0 radical (unpaired) electrons. The van der Waals surface area contributed by atoms with Gasteiger partial charge < -0.3 is 4.42 Å². The number of rotatable bonds is 1. The molecule has 0 N–H and O–H groups in total. The van der Waals surface area contributed by atoms with E-state index in [4.69, 9.17) is 4.42 Å². The molecule has 0 aliphatic rings. The molecule has 0 fully saturated rings. The van der Waals surface area contributed by atoms with Crippen LogP contribution in [0.4, 0.5) is 0 Å². The molecule has 0 saturated heterocycles. The van der Waals surface area contributed by atoms with Gasteiger partial charge in [-0.25, -0.2) is 0 Å². The van der Waals surface area contributed by atoms with Gasteiger partial charge in [0.05, 0.1) is 10.9 Å². The molecule has 3 rings (SSSR count). The lowest BCUT2D eigenvalue weighted by atomic mass is 9.98. The minimum atomic E-state index is 0.0423. The Balaban J connectivity index is 2.36. The molecule has 2 nitrogen and oxygen atoms in total. The minimum absolute atomic E-state index is 0.0423. The van der Waals surface area contributed by atoms with E-state index in [2.05, 4.69) is 0 Å². The molecule has 0 atom stereocenters. The zero-order valence-electron chi connectivity index (χ0n) is 12.8. The Bertz CT molecular complexity index is 884. The van der Waals surface area contributed by atoms with Crippen molar-refractivity contribution >= 4 is 11.0 Å². The summed E-state index contributed by atoms with van der Waals surface area (Å²) in [7, 11) is 0. The zero-order valence-corrected chi connectivity index (χ0v) is 12.8. The van der Waals surface area contributed by atoms with E-state index in [1.165, 1.54) is 5.56 Å². The molecule has 0 aliphatic carbocycles. The summed E-state index contributed by atoms with van der Waals surface area (Å²) >= 11 is 0. The van der Waals surface area contributed by atoms with Gasteiger partial charge in [-0.3, -0.25) is 4.79 Å². The van der Waals surface area contributed by atoms with Gasteiger partial charge in [-0.2, -0.15) is 0 Å². The van der Waals surface area contributed by atoms with Crippen LogP contribution in [0.25, 0.3) is 22.1 Å². The van der Waals surface area contributed by atoms with Crippen LogP contribution in [0, 0.1) is 27.7 Å². The summed E-state index contributed by atoms with van der Waals surface area (Å²) in [4.78, 5) is 12.8. The molecular formula is C19H18O2. The van der Waals surface area contributed by atoms with Crippen LogP contribution in [0.5, 0.6) is 0 Å². The molecule has 0 bridgehead atoms. The molecule has 1 aromatic heterocycles. The quantitative estimate of drug-likeness (QED) is 0.646. The zero-order chi connectivity index (χ0) is 15.1. The fourth-order valence-electron chi connectivity index (χ4n) is 2.72. The number of fused-ring (bicyclic) bond motifs is 1. The van der Waals surface area contributed by atoms with E-state index in [1.54, 1.807) is 6.26 Å². The van der Waals surface area contributed by atoms with E-state index in [0.717, 1.165) is 22.3 Å². The summed E-state index contributed by atoms with van der Waals surface area (Å²) in [6.45, 7) is 8.02. The molecule has 0 spiro atoms. The Morgan fingerprint density at radius 1 is 0.905 bits per heavy atom. The van der Waals surface area contributed by atoms with Crippen LogP contribution in [0.3, 0.4) is 0 Å². The molecule has 0 saturated carbocycles. The lowest BCUT2D eigenvalue weighted by molar-refractivity contribution is 0.601. The van der Waals surface area contributed by atoms with Crippen LogP contribution in [-0.2, 0) is 0 Å². The molecule has 0 unspecified atom stereocenters. The van der Waals surface area contributed by atoms with Gasteiger partial charge in [-0.1, -0.05) is 35.9 Å². The van der Waals surface area contributed by atoms with Gasteiger partial charge in [-0.15, -0.1) is 0 Å². The number of aryl methyl sites for hydroxylation is 4. The highest BCUT2D eigenvalue weighted by molar-refractivity contribution is 5.87. The van der Waals surface area contributed by atoms with E-state index < -0.39 is 0 Å². The standard InChI is InChI=1S/C19H18O2/c1-11-5-7-15(8-6-11)16-10-21-19-14(4)12(2)9-13(3)17(19)18(16)20/h5-10H,1-4H3. The van der Waals surface area contributed by atoms with E-state index in [9.17, 15) is 4.79 Å². The Morgan fingerprint density at radius 3 is 2.24 bits per heavy atom. The first-order valence-electron chi connectivity index (χ1n) is 7.08. The number of benzene rings is 2. The van der Waals surface area contributed by atoms with Crippen molar-refractivity contribution in [1.82, 2.24) is 0 Å². The van der Waals surface area contributed by atoms with Crippen LogP contribution in [0.1, 0.15) is 22.3 Å². The van der Waals surface area contributed by atoms with Crippen LogP contribution < -0.4 is 5.43 Å². The third-order valence-corrected chi connectivity index (χ3v) is 4.12. The number of hydrogen-bond acceptors (Lipinski definition) is 2. The van der Waals surface area contributed by atoms with Crippen molar-refractivity contribution in [2.45, 2.75) is 27.7 Å². The Labute approximate surface area is 124 Å². The van der Waals surface area contributed by atoms with Crippen molar-refractivity contribution in [2.75, 3.05) is 0 Å². The highest BCUT2D eigenvalue weighted by Gasteiger charge is 2.14. The maximum atomic E-state index is 12.8. The number of hydrogen-bond donors (Lipinski definition) is 0. The van der Waals surface area contributed by atoms with Gasteiger partial charge >= 0.3 is 0 Å². The first-order valence-corrected chi connectivity index (χ1v) is 7.08. The van der Waals surface area contributed by atoms with Gasteiger partial charge in [-0.05, 0) is 49.9 Å². The Kier molecular flexibility index (Phi) is 3.17. The second-order valence-corrected chi connectivity index (χ2v) is 5.68. The van der Waals surface area contributed by atoms with Gasteiger partial charge in [0.1, 0.15) is 11.8 Å². The molecular weight excluding hydrogens is 260 g/mol. The van der Waals surface area contributed by atoms with Crippen molar-refractivity contribution in [3.63, 3.8) is 0 Å². The molecule has 0 amide bonds. The third-order valence-electron chi connectivity index (χ3n) is 4.12. The Morgan fingerprint density at radius 2 is 1.57 bits per heavy atom. The lowest BCUT2D eigenvalue weighted by Crippen LogP contribution is -2.07. The monoisotopic (exact) mass is 278 g/mol. The normalized spacial score (nSPS) is 11.0. The molecule has 2 aromatic carbocycles. The molecule has 106 valence electrons. The van der Waals surface area contributed by atoms with Crippen LogP contribution in [0.15, 0.2) is 45.8 Å². The first kappa shape index (κ1) is 13.6. The van der Waals surface area contributed by atoms with Crippen molar-refractivity contribution in [1.29, 1.82) is 0 Å². The van der Waals surface area contributed by atoms with Crippen molar-refractivity contribution < 1.29 is 4.42 Å². The predicted molar refractivity (Wildman–Crippen MR) is 86.9 cm³/mol. The minimum Gasteiger partial charge on any atom is -0.463 e. The third kappa shape index (κ3) is 2.17. The van der Waals surface area contributed by atoms with Crippen molar-refractivity contribution in [3.8, 4) is 11.1 Å². The second-order valence-electron chi connectivity index (χ2n) is 5.68. The highest BCUT2D eigenvalue weighted by atomic mass is 16.3. The van der Waals surface area contributed by atoms with Crippen molar-refractivity contribution in [3.05, 3.63) is 69.1 Å². The van der Waals surface area contributed by atoms with Crippen LogP contribution >= 0.6 is 0 Å². The van der Waals surface area contributed by atoms with Gasteiger partial charge in [0.15, 0.2) is 0 Å². The summed E-state index contributed by atoms with van der Waals surface area (Å²) in [6.07, 6.45) is 1.58. The van der Waals surface area contributed by atoms with E-state index in [-0.39, 0.29) is 5.43 Å². The Hall–Kier alpha value is -2.35. The molecule has 3 aromatic rings. The van der Waals surface area contributed by atoms with Crippen LogP contribution in [0.2, 0.25) is 0 Å². The highest BCUT2D eigenvalue weighted by Crippen LogP contribution is 2.26. The largest absolute Gasteiger partial charge is 0.463 e. The predicted octanol–water partition coefficient (Wildman–Crippen LogP) is 4.69. The summed E-state index contributed by atoms with van der Waals surface area (Å²) in [5.74, 6) is 0. The van der Waals surface area contributed by atoms with Gasteiger partial charge in [0, 0.05) is 0 Å². The fourth-order valence-corrected chi connectivity index (χ4v) is 2.72. The molecule has 21 heavy (non-hydrogen) atoms. The average Bonchev–Trinajstić information content (AvgIpc) is 2.45.